The van der Waals surface area contributed by atoms with Crippen LogP contribution in [0.1, 0.15) is 61.0 Å². The molecule has 0 spiro atoms. The molecule has 112 valence electrons. The summed E-state index contributed by atoms with van der Waals surface area (Å²) in [4.78, 5) is 12.1. The van der Waals surface area contributed by atoms with E-state index in [0.717, 1.165) is 11.1 Å². The van der Waals surface area contributed by atoms with Gasteiger partial charge in [-0.25, -0.2) is 4.79 Å². The monoisotopic (exact) mass is 406 g/mol. The minimum atomic E-state index is -0.393. The summed E-state index contributed by atoms with van der Waals surface area (Å²) in [6.07, 6.45) is 0. The van der Waals surface area contributed by atoms with Gasteiger partial charge >= 0.3 is 5.97 Å². The molecule has 1 rings (SSSR count). The largest absolute Gasteiger partial charge is 0.507 e. The Morgan fingerprint density at radius 1 is 1.20 bits per heavy atom. The van der Waals surface area contributed by atoms with Crippen LogP contribution in [0.2, 0.25) is 0 Å². The Balaban J connectivity index is 3.24. The van der Waals surface area contributed by atoms with Gasteiger partial charge in [0.15, 0.2) is 5.01 Å². The van der Waals surface area contributed by atoms with E-state index in [1.807, 2.05) is 27.7 Å². The highest BCUT2D eigenvalue weighted by Crippen LogP contribution is 2.35. The number of phenolic OH excluding ortho intramolecular Hbond substituents is 1. The molecule has 1 N–H and O–H groups in total. The van der Waals surface area contributed by atoms with Gasteiger partial charge < -0.3 is 9.84 Å². The van der Waals surface area contributed by atoms with Crippen LogP contribution in [0.3, 0.4) is 0 Å². The number of halogens is 2. The molecule has 5 heteroatoms. The van der Waals surface area contributed by atoms with E-state index in [2.05, 4.69) is 31.9 Å². The third-order valence-electron chi connectivity index (χ3n) is 3.00. The summed E-state index contributed by atoms with van der Waals surface area (Å²) in [5, 5.41) is 10.4. The molecule has 1 aromatic carbocycles. The average molecular weight is 408 g/mol. The van der Waals surface area contributed by atoms with Crippen LogP contribution in [0.5, 0.6) is 5.75 Å². The van der Waals surface area contributed by atoms with Gasteiger partial charge in [-0.2, -0.15) is 0 Å². The number of benzene rings is 1. The molecular formula is C15H20Br2O3. The van der Waals surface area contributed by atoms with E-state index in [4.69, 9.17) is 4.74 Å². The van der Waals surface area contributed by atoms with Gasteiger partial charge in [-0.05, 0) is 51.0 Å². The van der Waals surface area contributed by atoms with Crippen molar-refractivity contribution in [2.75, 3.05) is 5.33 Å². The summed E-state index contributed by atoms with van der Waals surface area (Å²) >= 11 is 6.48. The van der Waals surface area contributed by atoms with Crippen molar-refractivity contribution >= 4 is 37.8 Å². The highest BCUT2D eigenvalue weighted by Gasteiger charge is 2.20. The van der Waals surface area contributed by atoms with E-state index in [-0.39, 0.29) is 22.6 Å². The lowest BCUT2D eigenvalue weighted by molar-refractivity contribution is 0.0496. The quantitative estimate of drug-likeness (QED) is 0.557. The van der Waals surface area contributed by atoms with E-state index < -0.39 is 5.97 Å². The molecule has 0 aliphatic heterocycles. The van der Waals surface area contributed by atoms with Gasteiger partial charge in [-0.3, -0.25) is 0 Å². The van der Waals surface area contributed by atoms with Crippen molar-refractivity contribution in [2.24, 2.45) is 0 Å². The summed E-state index contributed by atoms with van der Waals surface area (Å²) < 4.78 is 5.24. The van der Waals surface area contributed by atoms with Crippen LogP contribution in [-0.4, -0.2) is 21.4 Å². The second-order valence-electron chi connectivity index (χ2n) is 5.28. The number of phenols is 1. The zero-order chi connectivity index (χ0) is 15.4. The molecule has 0 amide bonds. The standard InChI is InChI=1S/C15H20Br2O3/c1-8(2)11-5-10(15(19)20-13(17)7-16)6-12(9(3)4)14(11)18/h5-6,8-9,13,18H,7H2,1-4H3. The van der Waals surface area contributed by atoms with Crippen molar-refractivity contribution in [1.82, 2.24) is 0 Å². The van der Waals surface area contributed by atoms with Crippen LogP contribution >= 0.6 is 31.9 Å². The normalized spacial score (nSPS) is 12.8. The van der Waals surface area contributed by atoms with Crippen molar-refractivity contribution in [3.63, 3.8) is 0 Å². The lowest BCUT2D eigenvalue weighted by Crippen LogP contribution is -2.14. The summed E-state index contributed by atoms with van der Waals surface area (Å²) in [7, 11) is 0. The Bertz CT molecular complexity index is 455. The number of alkyl halides is 2. The van der Waals surface area contributed by atoms with Gasteiger partial charge in [-0.1, -0.05) is 43.6 Å². The Kier molecular flexibility index (Phi) is 6.52. The van der Waals surface area contributed by atoms with Gasteiger partial charge in [-0.15, -0.1) is 0 Å². The van der Waals surface area contributed by atoms with Crippen LogP contribution < -0.4 is 0 Å². The average Bonchev–Trinajstić information content (AvgIpc) is 2.37. The Morgan fingerprint density at radius 2 is 1.65 bits per heavy atom. The first-order chi connectivity index (χ1) is 9.27. The molecule has 3 nitrogen and oxygen atoms in total. The molecule has 20 heavy (non-hydrogen) atoms. The van der Waals surface area contributed by atoms with E-state index in [1.54, 1.807) is 12.1 Å². The molecule has 0 saturated carbocycles. The van der Waals surface area contributed by atoms with E-state index in [9.17, 15) is 9.90 Å². The number of ether oxygens (including phenoxy) is 1. The van der Waals surface area contributed by atoms with Gasteiger partial charge in [0.05, 0.1) is 10.9 Å². The van der Waals surface area contributed by atoms with Crippen molar-refractivity contribution < 1.29 is 14.6 Å². The maximum absolute atomic E-state index is 12.1. The van der Waals surface area contributed by atoms with Crippen molar-refractivity contribution in [1.29, 1.82) is 0 Å². The van der Waals surface area contributed by atoms with Crippen LogP contribution in [0.15, 0.2) is 12.1 Å². The fraction of sp³-hybridized carbons (Fsp3) is 0.533. The minimum absolute atomic E-state index is 0.135. The number of carbonyl (C=O) groups is 1. The number of aromatic hydroxyl groups is 1. The summed E-state index contributed by atoms with van der Waals surface area (Å²) in [6.45, 7) is 7.94. The van der Waals surface area contributed by atoms with Crippen molar-refractivity contribution in [3.05, 3.63) is 28.8 Å². The fourth-order valence-electron chi connectivity index (χ4n) is 1.89. The molecule has 0 bridgehead atoms. The Hall–Kier alpha value is -0.550. The zero-order valence-electron chi connectivity index (χ0n) is 12.1. The first-order valence-electron chi connectivity index (χ1n) is 6.55. The van der Waals surface area contributed by atoms with Gasteiger partial charge in [0.25, 0.3) is 0 Å². The maximum atomic E-state index is 12.1. The molecule has 0 heterocycles. The lowest BCUT2D eigenvalue weighted by Gasteiger charge is -2.17. The molecule has 0 fully saturated rings. The van der Waals surface area contributed by atoms with E-state index >= 15 is 0 Å². The minimum Gasteiger partial charge on any atom is -0.507 e. The smallest absolute Gasteiger partial charge is 0.339 e. The van der Waals surface area contributed by atoms with Crippen LogP contribution in [0.25, 0.3) is 0 Å². The van der Waals surface area contributed by atoms with E-state index in [1.165, 1.54) is 0 Å². The predicted molar refractivity (Wildman–Crippen MR) is 88.2 cm³/mol. The topological polar surface area (TPSA) is 46.5 Å². The summed E-state index contributed by atoms with van der Waals surface area (Å²) in [5.74, 6) is 0.157. The SMILES string of the molecule is CC(C)c1cc(C(=O)OC(Br)CBr)cc(C(C)C)c1O. The molecule has 0 aliphatic rings. The number of esters is 1. The number of hydrogen-bond donors (Lipinski definition) is 1. The number of rotatable bonds is 5. The van der Waals surface area contributed by atoms with Crippen LogP contribution in [-0.2, 0) is 4.74 Å². The molecule has 0 aromatic heterocycles. The molecule has 1 atom stereocenters. The van der Waals surface area contributed by atoms with Crippen molar-refractivity contribution in [2.45, 2.75) is 44.5 Å². The van der Waals surface area contributed by atoms with Gasteiger partial charge in [0.1, 0.15) is 5.75 Å². The third kappa shape index (κ3) is 4.22. The second-order valence-corrected chi connectivity index (χ2v) is 6.95. The second kappa shape index (κ2) is 7.46. The summed E-state index contributed by atoms with van der Waals surface area (Å²) in [6, 6.07) is 3.42. The maximum Gasteiger partial charge on any atom is 0.339 e. The van der Waals surface area contributed by atoms with Crippen LogP contribution in [0, 0.1) is 0 Å². The highest BCUT2D eigenvalue weighted by atomic mass is 79.9. The first-order valence-corrected chi connectivity index (χ1v) is 8.59. The molecule has 0 radical (unpaired) electrons. The zero-order valence-corrected chi connectivity index (χ0v) is 15.3. The molecule has 1 aromatic rings. The molecule has 0 saturated heterocycles. The number of hydrogen-bond acceptors (Lipinski definition) is 3. The molecular weight excluding hydrogens is 388 g/mol. The predicted octanol–water partition coefficient (Wildman–Crippen LogP) is 4.91. The summed E-state index contributed by atoms with van der Waals surface area (Å²) in [5.41, 5.74) is 2.02. The fourth-order valence-corrected chi connectivity index (χ4v) is 2.20. The Labute approximate surface area is 137 Å². The molecule has 1 unspecified atom stereocenters. The first kappa shape index (κ1) is 17.5. The lowest BCUT2D eigenvalue weighted by atomic mass is 9.91. The highest BCUT2D eigenvalue weighted by molar-refractivity contribution is 9.12. The number of carbonyl (C=O) groups excluding carboxylic acids is 1. The van der Waals surface area contributed by atoms with Gasteiger partial charge in [0.2, 0.25) is 0 Å². The molecule has 0 aliphatic carbocycles. The third-order valence-corrected chi connectivity index (χ3v) is 4.97. The van der Waals surface area contributed by atoms with Gasteiger partial charge in [0, 0.05) is 0 Å². The van der Waals surface area contributed by atoms with Crippen LogP contribution in [0.4, 0.5) is 0 Å². The van der Waals surface area contributed by atoms with E-state index in [0.29, 0.717) is 10.9 Å². The Morgan fingerprint density at radius 3 is 2.00 bits per heavy atom. The van der Waals surface area contributed by atoms with Crippen molar-refractivity contribution in [3.8, 4) is 5.75 Å².